The molecule has 0 fully saturated rings. The molecular weight excluding hydrogens is 190 g/mol. The Bertz CT molecular complexity index is 246. The maximum absolute atomic E-state index is 9.54. The van der Waals surface area contributed by atoms with E-state index < -0.39 is 0 Å². The first-order valence-electron chi connectivity index (χ1n) is 5.66. The summed E-state index contributed by atoms with van der Waals surface area (Å²) in [5, 5.41) is 12.8. The van der Waals surface area contributed by atoms with E-state index in [9.17, 15) is 5.11 Å². The standard InChI is InChI=1S/C12H21NO2/c1-3-5-11(14)9-13-10(2)8-12-6-4-7-15-12/h4,6-7,10-11,13-14H,3,5,8-9H2,1-2H3. The Morgan fingerprint density at radius 1 is 1.53 bits per heavy atom. The highest BCUT2D eigenvalue weighted by Gasteiger charge is 2.07. The second-order valence-electron chi connectivity index (χ2n) is 4.04. The van der Waals surface area contributed by atoms with Gasteiger partial charge in [0.15, 0.2) is 0 Å². The van der Waals surface area contributed by atoms with Crippen molar-refractivity contribution >= 4 is 0 Å². The van der Waals surface area contributed by atoms with Gasteiger partial charge in [-0.2, -0.15) is 0 Å². The topological polar surface area (TPSA) is 45.4 Å². The van der Waals surface area contributed by atoms with Crippen molar-refractivity contribution in [3.8, 4) is 0 Å². The molecule has 86 valence electrons. The van der Waals surface area contributed by atoms with Crippen LogP contribution in [0, 0.1) is 0 Å². The summed E-state index contributed by atoms with van der Waals surface area (Å²) in [5.74, 6) is 0.986. The minimum absolute atomic E-state index is 0.228. The van der Waals surface area contributed by atoms with Crippen molar-refractivity contribution in [2.45, 2.75) is 45.3 Å². The van der Waals surface area contributed by atoms with E-state index >= 15 is 0 Å². The maximum Gasteiger partial charge on any atom is 0.105 e. The van der Waals surface area contributed by atoms with Gasteiger partial charge in [-0.15, -0.1) is 0 Å². The minimum atomic E-state index is -0.228. The Labute approximate surface area is 91.5 Å². The largest absolute Gasteiger partial charge is 0.469 e. The molecule has 1 rings (SSSR count). The van der Waals surface area contributed by atoms with Crippen LogP contribution in [0.2, 0.25) is 0 Å². The van der Waals surface area contributed by atoms with Gasteiger partial charge in [0.2, 0.25) is 0 Å². The lowest BCUT2D eigenvalue weighted by atomic mass is 10.1. The van der Waals surface area contributed by atoms with Gasteiger partial charge in [-0.3, -0.25) is 0 Å². The van der Waals surface area contributed by atoms with Crippen molar-refractivity contribution in [2.24, 2.45) is 0 Å². The van der Waals surface area contributed by atoms with Crippen molar-refractivity contribution in [1.82, 2.24) is 5.32 Å². The SMILES string of the molecule is CCCC(O)CNC(C)Cc1ccco1. The van der Waals surface area contributed by atoms with Crippen LogP contribution in [0.25, 0.3) is 0 Å². The first-order chi connectivity index (χ1) is 7.22. The molecule has 0 aliphatic rings. The molecule has 3 heteroatoms. The molecule has 2 unspecified atom stereocenters. The van der Waals surface area contributed by atoms with Gasteiger partial charge in [-0.05, 0) is 25.5 Å². The Kier molecular flexibility index (Phi) is 5.43. The fourth-order valence-corrected chi connectivity index (χ4v) is 1.58. The molecule has 1 aromatic heterocycles. The molecule has 0 spiro atoms. The maximum atomic E-state index is 9.54. The summed E-state index contributed by atoms with van der Waals surface area (Å²) in [6.07, 6.45) is 4.21. The van der Waals surface area contributed by atoms with E-state index in [1.807, 2.05) is 12.1 Å². The molecule has 0 aliphatic heterocycles. The van der Waals surface area contributed by atoms with Crippen molar-refractivity contribution in [3.63, 3.8) is 0 Å². The van der Waals surface area contributed by atoms with Gasteiger partial charge in [-0.25, -0.2) is 0 Å². The van der Waals surface area contributed by atoms with E-state index in [1.165, 1.54) is 0 Å². The highest BCUT2D eigenvalue weighted by Crippen LogP contribution is 2.04. The molecule has 0 bridgehead atoms. The molecule has 0 aromatic carbocycles. The predicted molar refractivity (Wildman–Crippen MR) is 60.8 cm³/mol. The molecule has 0 saturated carbocycles. The van der Waals surface area contributed by atoms with Gasteiger partial charge in [0.1, 0.15) is 5.76 Å². The molecule has 0 saturated heterocycles. The van der Waals surface area contributed by atoms with Gasteiger partial charge < -0.3 is 14.8 Å². The van der Waals surface area contributed by atoms with Crippen molar-refractivity contribution in [1.29, 1.82) is 0 Å². The van der Waals surface area contributed by atoms with E-state index in [4.69, 9.17) is 4.42 Å². The Morgan fingerprint density at radius 2 is 2.33 bits per heavy atom. The second kappa shape index (κ2) is 6.64. The summed E-state index contributed by atoms with van der Waals surface area (Å²) in [4.78, 5) is 0. The minimum Gasteiger partial charge on any atom is -0.469 e. The van der Waals surface area contributed by atoms with Gasteiger partial charge in [0, 0.05) is 19.0 Å². The summed E-state index contributed by atoms with van der Waals surface area (Å²) in [7, 11) is 0. The first kappa shape index (κ1) is 12.3. The average Bonchev–Trinajstić information content (AvgIpc) is 2.68. The zero-order valence-corrected chi connectivity index (χ0v) is 9.57. The summed E-state index contributed by atoms with van der Waals surface area (Å²) < 4.78 is 5.26. The van der Waals surface area contributed by atoms with Crippen LogP contribution in [0.3, 0.4) is 0 Å². The predicted octanol–water partition coefficient (Wildman–Crippen LogP) is 1.96. The number of hydrogen-bond acceptors (Lipinski definition) is 3. The molecule has 0 radical (unpaired) electrons. The normalized spacial score (nSPS) is 15.1. The molecule has 0 amide bonds. The van der Waals surface area contributed by atoms with Crippen LogP contribution in [0.1, 0.15) is 32.4 Å². The molecule has 1 heterocycles. The number of aliphatic hydroxyl groups is 1. The zero-order chi connectivity index (χ0) is 11.1. The smallest absolute Gasteiger partial charge is 0.105 e. The van der Waals surface area contributed by atoms with Gasteiger partial charge in [-0.1, -0.05) is 13.3 Å². The van der Waals surface area contributed by atoms with E-state index in [2.05, 4.69) is 19.2 Å². The molecule has 2 N–H and O–H groups in total. The van der Waals surface area contributed by atoms with Crippen molar-refractivity contribution < 1.29 is 9.52 Å². The summed E-state index contributed by atoms with van der Waals surface area (Å²) in [5.41, 5.74) is 0. The lowest BCUT2D eigenvalue weighted by molar-refractivity contribution is 0.156. The van der Waals surface area contributed by atoms with Gasteiger partial charge in [0.25, 0.3) is 0 Å². The molecule has 0 aliphatic carbocycles. The van der Waals surface area contributed by atoms with Crippen LogP contribution >= 0.6 is 0 Å². The van der Waals surface area contributed by atoms with Crippen LogP contribution in [-0.4, -0.2) is 23.8 Å². The Balaban J connectivity index is 2.16. The third-order valence-corrected chi connectivity index (χ3v) is 2.41. The number of aliphatic hydroxyl groups excluding tert-OH is 1. The van der Waals surface area contributed by atoms with Crippen molar-refractivity contribution in [3.05, 3.63) is 24.2 Å². The van der Waals surface area contributed by atoms with E-state index in [1.54, 1.807) is 6.26 Å². The summed E-state index contributed by atoms with van der Waals surface area (Å²) >= 11 is 0. The summed E-state index contributed by atoms with van der Waals surface area (Å²) in [6, 6.07) is 4.21. The third-order valence-electron chi connectivity index (χ3n) is 2.41. The lowest BCUT2D eigenvalue weighted by Gasteiger charge is -2.15. The Hall–Kier alpha value is -0.800. The average molecular weight is 211 g/mol. The Morgan fingerprint density at radius 3 is 2.93 bits per heavy atom. The molecular formula is C12H21NO2. The highest BCUT2D eigenvalue weighted by atomic mass is 16.3. The van der Waals surface area contributed by atoms with Crippen LogP contribution in [0.4, 0.5) is 0 Å². The third kappa shape index (κ3) is 5.00. The van der Waals surface area contributed by atoms with Crippen LogP contribution in [0.15, 0.2) is 22.8 Å². The fourth-order valence-electron chi connectivity index (χ4n) is 1.58. The fraction of sp³-hybridized carbons (Fsp3) is 0.667. The van der Waals surface area contributed by atoms with Crippen molar-refractivity contribution in [2.75, 3.05) is 6.54 Å². The number of rotatable bonds is 7. The molecule has 2 atom stereocenters. The van der Waals surface area contributed by atoms with E-state index in [-0.39, 0.29) is 6.10 Å². The highest BCUT2D eigenvalue weighted by molar-refractivity contribution is 4.99. The molecule has 1 aromatic rings. The first-order valence-corrected chi connectivity index (χ1v) is 5.66. The van der Waals surface area contributed by atoms with Crippen LogP contribution < -0.4 is 5.32 Å². The second-order valence-corrected chi connectivity index (χ2v) is 4.04. The van der Waals surface area contributed by atoms with E-state index in [0.717, 1.165) is 25.0 Å². The number of nitrogens with one attached hydrogen (secondary N) is 1. The van der Waals surface area contributed by atoms with Gasteiger partial charge in [0.05, 0.1) is 12.4 Å². The lowest BCUT2D eigenvalue weighted by Crippen LogP contribution is -2.34. The summed E-state index contributed by atoms with van der Waals surface area (Å²) in [6.45, 7) is 4.84. The van der Waals surface area contributed by atoms with Gasteiger partial charge >= 0.3 is 0 Å². The number of hydrogen-bond donors (Lipinski definition) is 2. The molecule has 15 heavy (non-hydrogen) atoms. The van der Waals surface area contributed by atoms with Crippen LogP contribution in [0.5, 0.6) is 0 Å². The number of furan rings is 1. The monoisotopic (exact) mass is 211 g/mol. The van der Waals surface area contributed by atoms with Crippen LogP contribution in [-0.2, 0) is 6.42 Å². The zero-order valence-electron chi connectivity index (χ0n) is 9.57. The molecule has 3 nitrogen and oxygen atoms in total. The van der Waals surface area contributed by atoms with E-state index in [0.29, 0.717) is 12.6 Å². The quantitative estimate of drug-likeness (QED) is 0.724.